The number of nitrogens with zero attached hydrogens (tertiary/aromatic N) is 4. The molecule has 0 amide bonds. The number of hydrogen-bond acceptors (Lipinski definition) is 5. The van der Waals surface area contributed by atoms with Gasteiger partial charge in [0.15, 0.2) is 5.82 Å². The van der Waals surface area contributed by atoms with Crippen molar-refractivity contribution in [1.82, 2.24) is 15.2 Å². The Morgan fingerprint density at radius 1 is 1.12 bits per heavy atom. The molecule has 0 spiro atoms. The summed E-state index contributed by atoms with van der Waals surface area (Å²) in [5, 5.41) is 12.0. The summed E-state index contributed by atoms with van der Waals surface area (Å²) in [6.07, 6.45) is 8.55. The van der Waals surface area contributed by atoms with E-state index in [9.17, 15) is 0 Å². The number of para-hydroxylation sites is 1. The normalized spacial score (nSPS) is 17.6. The molecule has 0 radical (unpaired) electrons. The first-order valence-electron chi connectivity index (χ1n) is 9.60. The first-order chi connectivity index (χ1) is 12.3. The van der Waals surface area contributed by atoms with Crippen LogP contribution in [0.5, 0.6) is 0 Å². The van der Waals surface area contributed by atoms with Gasteiger partial charge in [0.2, 0.25) is 5.95 Å². The monoisotopic (exact) mass is 339 g/mol. The molecule has 1 unspecified atom stereocenters. The van der Waals surface area contributed by atoms with E-state index in [1.165, 1.54) is 36.1 Å². The summed E-state index contributed by atoms with van der Waals surface area (Å²) < 4.78 is 0. The Kier molecular flexibility index (Phi) is 5.84. The van der Waals surface area contributed by atoms with E-state index in [-0.39, 0.29) is 0 Å². The molecule has 1 N–H and O–H groups in total. The maximum atomic E-state index is 4.78. The number of aryl methyl sites for hydroxylation is 2. The molecule has 5 nitrogen and oxygen atoms in total. The van der Waals surface area contributed by atoms with Gasteiger partial charge in [-0.2, -0.15) is 10.1 Å². The zero-order valence-electron chi connectivity index (χ0n) is 15.6. The molecule has 2 aromatic rings. The molecular weight excluding hydrogens is 310 g/mol. The third kappa shape index (κ3) is 3.91. The average molecular weight is 339 g/mol. The second-order valence-electron chi connectivity index (χ2n) is 6.68. The van der Waals surface area contributed by atoms with Gasteiger partial charge in [-0.05, 0) is 49.7 Å². The van der Waals surface area contributed by atoms with Crippen LogP contribution in [-0.2, 0) is 12.8 Å². The van der Waals surface area contributed by atoms with Gasteiger partial charge in [-0.15, -0.1) is 5.10 Å². The summed E-state index contributed by atoms with van der Waals surface area (Å²) in [6, 6.07) is 7.01. The predicted molar refractivity (Wildman–Crippen MR) is 104 cm³/mol. The van der Waals surface area contributed by atoms with Crippen LogP contribution in [-0.4, -0.2) is 27.8 Å². The molecule has 3 rings (SSSR count). The molecule has 25 heavy (non-hydrogen) atoms. The predicted octanol–water partition coefficient (Wildman–Crippen LogP) is 4.51. The Morgan fingerprint density at radius 2 is 1.88 bits per heavy atom. The molecule has 1 aromatic heterocycles. The minimum Gasteiger partial charge on any atom is -0.338 e. The van der Waals surface area contributed by atoms with E-state index in [0.29, 0.717) is 6.04 Å². The van der Waals surface area contributed by atoms with Gasteiger partial charge in [0.1, 0.15) is 0 Å². The maximum Gasteiger partial charge on any atom is 0.247 e. The summed E-state index contributed by atoms with van der Waals surface area (Å²) >= 11 is 0. The number of hydrogen-bond donors (Lipinski definition) is 1. The Labute approximate surface area is 150 Å². The Morgan fingerprint density at radius 3 is 2.56 bits per heavy atom. The third-order valence-electron chi connectivity index (χ3n) is 5.15. The largest absolute Gasteiger partial charge is 0.338 e. The van der Waals surface area contributed by atoms with Gasteiger partial charge < -0.3 is 10.2 Å². The van der Waals surface area contributed by atoms with Gasteiger partial charge in [-0.3, -0.25) is 0 Å². The molecule has 2 heterocycles. The molecule has 1 aromatic carbocycles. The van der Waals surface area contributed by atoms with Crippen molar-refractivity contribution in [2.45, 2.75) is 65.3 Å². The van der Waals surface area contributed by atoms with Crippen molar-refractivity contribution >= 4 is 17.5 Å². The first-order valence-corrected chi connectivity index (χ1v) is 9.60. The van der Waals surface area contributed by atoms with Crippen molar-refractivity contribution in [3.05, 3.63) is 35.5 Å². The Balaban J connectivity index is 1.88. The molecule has 0 saturated carbocycles. The van der Waals surface area contributed by atoms with Crippen molar-refractivity contribution in [2.24, 2.45) is 0 Å². The maximum absolute atomic E-state index is 4.78. The zero-order valence-corrected chi connectivity index (χ0v) is 15.6. The molecule has 1 atom stereocenters. The number of aromatic nitrogens is 3. The minimum absolute atomic E-state index is 0.528. The molecular formula is C20H29N5. The van der Waals surface area contributed by atoms with Gasteiger partial charge in [0, 0.05) is 18.3 Å². The third-order valence-corrected chi connectivity index (χ3v) is 5.15. The molecule has 0 aliphatic carbocycles. The van der Waals surface area contributed by atoms with Crippen molar-refractivity contribution in [3.8, 4) is 0 Å². The number of rotatable bonds is 6. The molecule has 1 fully saturated rings. The van der Waals surface area contributed by atoms with E-state index >= 15 is 0 Å². The second kappa shape index (κ2) is 8.28. The van der Waals surface area contributed by atoms with E-state index in [4.69, 9.17) is 4.98 Å². The summed E-state index contributed by atoms with van der Waals surface area (Å²) in [5.41, 5.74) is 3.79. The lowest BCUT2D eigenvalue weighted by atomic mass is 10.0. The molecule has 0 bridgehead atoms. The molecule has 1 aliphatic rings. The van der Waals surface area contributed by atoms with Gasteiger partial charge in [0.05, 0.1) is 6.20 Å². The van der Waals surface area contributed by atoms with Crippen LogP contribution in [0.4, 0.5) is 17.5 Å². The smallest absolute Gasteiger partial charge is 0.247 e. The van der Waals surface area contributed by atoms with Crippen molar-refractivity contribution in [3.63, 3.8) is 0 Å². The summed E-state index contributed by atoms with van der Waals surface area (Å²) in [7, 11) is 0. The van der Waals surface area contributed by atoms with Crippen LogP contribution in [0.3, 0.4) is 0 Å². The fourth-order valence-electron chi connectivity index (χ4n) is 3.70. The van der Waals surface area contributed by atoms with Gasteiger partial charge in [-0.25, -0.2) is 0 Å². The highest BCUT2D eigenvalue weighted by molar-refractivity contribution is 5.65. The van der Waals surface area contributed by atoms with Crippen LogP contribution in [0.1, 0.15) is 57.6 Å². The number of benzene rings is 1. The van der Waals surface area contributed by atoms with Crippen molar-refractivity contribution in [1.29, 1.82) is 0 Å². The first kappa shape index (κ1) is 17.6. The lowest BCUT2D eigenvalue weighted by Gasteiger charge is -2.34. The van der Waals surface area contributed by atoms with Crippen LogP contribution in [0.15, 0.2) is 24.4 Å². The number of anilines is 3. The van der Waals surface area contributed by atoms with E-state index in [1.54, 1.807) is 6.20 Å². The quantitative estimate of drug-likeness (QED) is 0.839. The Bertz CT molecular complexity index is 678. The topological polar surface area (TPSA) is 53.9 Å². The van der Waals surface area contributed by atoms with Crippen molar-refractivity contribution < 1.29 is 0 Å². The van der Waals surface area contributed by atoms with Gasteiger partial charge in [0.25, 0.3) is 0 Å². The van der Waals surface area contributed by atoms with Gasteiger partial charge in [-0.1, -0.05) is 39.0 Å². The summed E-state index contributed by atoms with van der Waals surface area (Å²) in [6.45, 7) is 7.63. The lowest BCUT2D eigenvalue weighted by Crippen LogP contribution is -2.40. The van der Waals surface area contributed by atoms with Crippen LogP contribution < -0.4 is 10.2 Å². The number of piperidine rings is 1. The molecule has 134 valence electrons. The fraction of sp³-hybridized carbons (Fsp3) is 0.550. The highest BCUT2D eigenvalue weighted by atomic mass is 15.3. The van der Waals surface area contributed by atoms with Crippen LogP contribution in [0.25, 0.3) is 0 Å². The van der Waals surface area contributed by atoms with E-state index < -0.39 is 0 Å². The van der Waals surface area contributed by atoms with Crippen LogP contribution in [0.2, 0.25) is 0 Å². The van der Waals surface area contributed by atoms with Gasteiger partial charge >= 0.3 is 0 Å². The zero-order chi connectivity index (χ0) is 17.6. The lowest BCUT2D eigenvalue weighted by molar-refractivity contribution is 0.442. The van der Waals surface area contributed by atoms with Crippen LogP contribution in [0, 0.1) is 0 Å². The fourth-order valence-corrected chi connectivity index (χ4v) is 3.70. The minimum atomic E-state index is 0.528. The second-order valence-corrected chi connectivity index (χ2v) is 6.68. The molecule has 1 saturated heterocycles. The van der Waals surface area contributed by atoms with E-state index in [2.05, 4.69) is 59.4 Å². The highest BCUT2D eigenvalue weighted by Crippen LogP contribution is 2.27. The van der Waals surface area contributed by atoms with Crippen molar-refractivity contribution in [2.75, 3.05) is 16.8 Å². The standard InChI is InChI=1S/C20H29N5/c1-4-15-10-9-11-16(5-2)19(15)22-18-14-21-24-20(23-18)25-13-8-7-12-17(25)6-3/h9-11,14,17H,4-8,12-13H2,1-3H3,(H,22,23,24). The number of nitrogens with one attached hydrogen (secondary N) is 1. The highest BCUT2D eigenvalue weighted by Gasteiger charge is 2.23. The summed E-state index contributed by atoms with van der Waals surface area (Å²) in [4.78, 5) is 7.11. The Hall–Kier alpha value is -2.17. The SMILES string of the molecule is CCc1cccc(CC)c1Nc1cnnc(N2CCCCC2CC)n1. The average Bonchev–Trinajstić information content (AvgIpc) is 2.68. The van der Waals surface area contributed by atoms with Crippen LogP contribution >= 0.6 is 0 Å². The van der Waals surface area contributed by atoms with E-state index in [0.717, 1.165) is 37.6 Å². The summed E-state index contributed by atoms with van der Waals surface area (Å²) in [5.74, 6) is 1.53. The molecule has 1 aliphatic heterocycles. The molecule has 5 heteroatoms. The van der Waals surface area contributed by atoms with E-state index in [1.807, 2.05) is 0 Å².